The zero-order valence-electron chi connectivity index (χ0n) is 10.5. The average Bonchev–Trinajstić information content (AvgIpc) is 2.97. The lowest BCUT2D eigenvalue weighted by Gasteiger charge is -2.11. The van der Waals surface area contributed by atoms with Gasteiger partial charge in [-0.05, 0) is 24.6 Å². The van der Waals surface area contributed by atoms with E-state index in [1.165, 1.54) is 0 Å². The summed E-state index contributed by atoms with van der Waals surface area (Å²) in [7, 11) is 1.85. The monoisotopic (exact) mass is 258 g/mol. The molecule has 2 aromatic rings. The number of aryl methyl sites for hydroxylation is 1. The Kier molecular flexibility index (Phi) is 2.70. The summed E-state index contributed by atoms with van der Waals surface area (Å²) in [4.78, 5) is 23.1. The maximum absolute atomic E-state index is 12.0. The van der Waals surface area contributed by atoms with Crippen LogP contribution in [0, 0.1) is 0 Å². The number of carbonyl (C=O) groups is 2. The van der Waals surface area contributed by atoms with Crippen molar-refractivity contribution in [1.29, 1.82) is 0 Å². The smallest absolute Gasteiger partial charge is 0.246 e. The van der Waals surface area contributed by atoms with Crippen molar-refractivity contribution < 1.29 is 9.59 Å². The zero-order valence-corrected chi connectivity index (χ0v) is 10.5. The Labute approximate surface area is 109 Å². The molecule has 1 saturated heterocycles. The largest absolute Gasteiger partial charge is 0.344 e. The highest BCUT2D eigenvalue weighted by molar-refractivity contribution is 6.00. The second-order valence-corrected chi connectivity index (χ2v) is 4.69. The summed E-state index contributed by atoms with van der Waals surface area (Å²) in [6.45, 7) is 0. The normalized spacial score (nSPS) is 18.6. The topological polar surface area (TPSA) is 76.0 Å². The van der Waals surface area contributed by atoms with Crippen LogP contribution in [-0.4, -0.2) is 27.6 Å². The Hall–Kier alpha value is -2.37. The molecule has 1 atom stereocenters. The van der Waals surface area contributed by atoms with E-state index in [0.717, 1.165) is 10.9 Å². The first-order chi connectivity index (χ1) is 9.13. The highest BCUT2D eigenvalue weighted by Gasteiger charge is 2.27. The highest BCUT2D eigenvalue weighted by Crippen LogP contribution is 2.19. The van der Waals surface area contributed by atoms with Gasteiger partial charge in [0.25, 0.3) is 0 Å². The first kappa shape index (κ1) is 11.7. The quantitative estimate of drug-likeness (QED) is 0.836. The number of anilines is 1. The SMILES string of the molecule is Cn1ncc2ccc(NC(=O)C3CCC(=O)N3)cc21. The fraction of sp³-hybridized carbons (Fsp3) is 0.308. The molecule has 19 heavy (non-hydrogen) atoms. The van der Waals surface area contributed by atoms with Gasteiger partial charge < -0.3 is 10.6 Å². The number of amides is 2. The van der Waals surface area contributed by atoms with Crippen LogP contribution in [0.3, 0.4) is 0 Å². The lowest BCUT2D eigenvalue weighted by Crippen LogP contribution is -2.37. The second-order valence-electron chi connectivity index (χ2n) is 4.69. The number of carbonyl (C=O) groups excluding carboxylic acids is 2. The minimum atomic E-state index is -0.422. The van der Waals surface area contributed by atoms with E-state index in [0.29, 0.717) is 18.5 Å². The molecular formula is C13H14N4O2. The predicted octanol–water partition coefficient (Wildman–Crippen LogP) is 0.790. The molecule has 3 rings (SSSR count). The molecule has 1 aliphatic rings. The zero-order chi connectivity index (χ0) is 13.4. The summed E-state index contributed by atoms with van der Waals surface area (Å²) < 4.78 is 1.75. The first-order valence-electron chi connectivity index (χ1n) is 6.15. The Bertz CT molecular complexity index is 662. The van der Waals surface area contributed by atoms with Crippen molar-refractivity contribution in [3.63, 3.8) is 0 Å². The number of hydrogen-bond acceptors (Lipinski definition) is 3. The Morgan fingerprint density at radius 2 is 2.37 bits per heavy atom. The summed E-state index contributed by atoms with van der Waals surface area (Å²) in [5, 5.41) is 10.6. The van der Waals surface area contributed by atoms with Gasteiger partial charge in [0.05, 0.1) is 11.7 Å². The first-order valence-corrected chi connectivity index (χ1v) is 6.15. The molecule has 0 spiro atoms. The van der Waals surface area contributed by atoms with E-state index in [1.54, 1.807) is 10.9 Å². The second kappa shape index (κ2) is 4.38. The van der Waals surface area contributed by atoms with Gasteiger partial charge in [0.1, 0.15) is 6.04 Å². The Morgan fingerprint density at radius 3 is 3.11 bits per heavy atom. The van der Waals surface area contributed by atoms with Gasteiger partial charge >= 0.3 is 0 Å². The highest BCUT2D eigenvalue weighted by atomic mass is 16.2. The molecule has 0 bridgehead atoms. The molecule has 6 heteroatoms. The van der Waals surface area contributed by atoms with E-state index >= 15 is 0 Å². The van der Waals surface area contributed by atoms with E-state index in [9.17, 15) is 9.59 Å². The van der Waals surface area contributed by atoms with E-state index in [1.807, 2.05) is 25.2 Å². The molecule has 1 aromatic heterocycles. The van der Waals surface area contributed by atoms with E-state index in [4.69, 9.17) is 0 Å². The molecule has 1 fully saturated rings. The predicted molar refractivity (Wildman–Crippen MR) is 70.5 cm³/mol. The molecule has 6 nitrogen and oxygen atoms in total. The van der Waals surface area contributed by atoms with Crippen molar-refractivity contribution in [3.8, 4) is 0 Å². The molecule has 2 N–H and O–H groups in total. The fourth-order valence-corrected chi connectivity index (χ4v) is 2.26. The van der Waals surface area contributed by atoms with Crippen LogP contribution in [0.1, 0.15) is 12.8 Å². The number of benzene rings is 1. The number of nitrogens with zero attached hydrogens (tertiary/aromatic N) is 2. The van der Waals surface area contributed by atoms with Crippen molar-refractivity contribution in [2.45, 2.75) is 18.9 Å². The third kappa shape index (κ3) is 2.16. The maximum atomic E-state index is 12.0. The van der Waals surface area contributed by atoms with Crippen LogP contribution in [0.5, 0.6) is 0 Å². The van der Waals surface area contributed by atoms with E-state index in [-0.39, 0.29) is 11.8 Å². The van der Waals surface area contributed by atoms with Gasteiger partial charge in [-0.1, -0.05) is 0 Å². The average molecular weight is 258 g/mol. The van der Waals surface area contributed by atoms with Gasteiger partial charge in [-0.2, -0.15) is 5.10 Å². The molecule has 2 amide bonds. The van der Waals surface area contributed by atoms with Crippen LogP contribution in [-0.2, 0) is 16.6 Å². The van der Waals surface area contributed by atoms with Crippen LogP contribution >= 0.6 is 0 Å². The van der Waals surface area contributed by atoms with Gasteiger partial charge in [-0.25, -0.2) is 0 Å². The summed E-state index contributed by atoms with van der Waals surface area (Å²) in [5.41, 5.74) is 1.66. The third-order valence-electron chi connectivity index (χ3n) is 3.33. The number of nitrogens with one attached hydrogen (secondary N) is 2. The number of aromatic nitrogens is 2. The molecule has 1 unspecified atom stereocenters. The van der Waals surface area contributed by atoms with Gasteiger partial charge in [-0.15, -0.1) is 0 Å². The molecule has 2 heterocycles. The van der Waals surface area contributed by atoms with Crippen molar-refractivity contribution in [1.82, 2.24) is 15.1 Å². The van der Waals surface area contributed by atoms with Gasteiger partial charge in [0.15, 0.2) is 0 Å². The van der Waals surface area contributed by atoms with Crippen molar-refractivity contribution in [2.24, 2.45) is 7.05 Å². The van der Waals surface area contributed by atoms with Crippen LogP contribution in [0.25, 0.3) is 10.9 Å². The molecule has 1 aliphatic heterocycles. The fourth-order valence-electron chi connectivity index (χ4n) is 2.26. The maximum Gasteiger partial charge on any atom is 0.246 e. The van der Waals surface area contributed by atoms with Crippen molar-refractivity contribution in [3.05, 3.63) is 24.4 Å². The standard InChI is InChI=1S/C13H14N4O2/c1-17-11-6-9(3-2-8(11)7-14-17)15-13(19)10-4-5-12(18)16-10/h2-3,6-7,10H,4-5H2,1H3,(H,15,19)(H,16,18). The summed E-state index contributed by atoms with van der Waals surface area (Å²) >= 11 is 0. The lowest BCUT2D eigenvalue weighted by atomic mass is 10.2. The minimum absolute atomic E-state index is 0.0674. The van der Waals surface area contributed by atoms with Crippen molar-refractivity contribution in [2.75, 3.05) is 5.32 Å². The molecule has 1 aromatic carbocycles. The Morgan fingerprint density at radius 1 is 1.53 bits per heavy atom. The van der Waals surface area contributed by atoms with Gasteiger partial charge in [-0.3, -0.25) is 14.3 Å². The molecule has 0 aliphatic carbocycles. The number of rotatable bonds is 2. The van der Waals surface area contributed by atoms with Crippen molar-refractivity contribution >= 4 is 28.4 Å². The summed E-state index contributed by atoms with van der Waals surface area (Å²) in [5.74, 6) is -0.241. The summed E-state index contributed by atoms with van der Waals surface area (Å²) in [6.07, 6.45) is 2.75. The lowest BCUT2D eigenvalue weighted by molar-refractivity contribution is -0.122. The molecule has 98 valence electrons. The molecule has 0 saturated carbocycles. The van der Waals surface area contributed by atoms with Crippen LogP contribution in [0.2, 0.25) is 0 Å². The number of hydrogen-bond donors (Lipinski definition) is 2. The summed E-state index contributed by atoms with van der Waals surface area (Å²) in [6, 6.07) is 5.19. The van der Waals surface area contributed by atoms with Crippen LogP contribution in [0.15, 0.2) is 24.4 Å². The molecule has 0 radical (unpaired) electrons. The van der Waals surface area contributed by atoms with E-state index in [2.05, 4.69) is 15.7 Å². The minimum Gasteiger partial charge on any atom is -0.344 e. The van der Waals surface area contributed by atoms with Gasteiger partial charge in [0, 0.05) is 24.5 Å². The number of fused-ring (bicyclic) bond motifs is 1. The van der Waals surface area contributed by atoms with Crippen LogP contribution in [0.4, 0.5) is 5.69 Å². The van der Waals surface area contributed by atoms with E-state index < -0.39 is 6.04 Å². The van der Waals surface area contributed by atoms with Gasteiger partial charge in [0.2, 0.25) is 11.8 Å². The molecular weight excluding hydrogens is 244 g/mol. The van der Waals surface area contributed by atoms with Crippen LogP contribution < -0.4 is 10.6 Å². The third-order valence-corrected chi connectivity index (χ3v) is 3.33. The Balaban J connectivity index is 1.79.